The van der Waals surface area contributed by atoms with Crippen LogP contribution in [0.25, 0.3) is 5.65 Å². The van der Waals surface area contributed by atoms with Crippen molar-refractivity contribution in [3.8, 4) is 0 Å². The molecule has 2 aromatic heterocycles. The van der Waals surface area contributed by atoms with Crippen LogP contribution in [0.1, 0.15) is 56.3 Å². The molecule has 32 heavy (non-hydrogen) atoms. The van der Waals surface area contributed by atoms with E-state index in [1.165, 1.54) is 0 Å². The topological polar surface area (TPSA) is 88.0 Å². The van der Waals surface area contributed by atoms with Gasteiger partial charge in [0.15, 0.2) is 6.10 Å². The number of hydrogen-bond donors (Lipinski definition) is 2. The maximum atomic E-state index is 12.9. The number of nitrogens with zero attached hydrogens (tertiary/aromatic N) is 3. The molecule has 2 unspecified atom stereocenters. The highest BCUT2D eigenvalue weighted by Crippen LogP contribution is 2.25. The number of hydrogen-bond acceptors (Lipinski definition) is 5. The zero-order valence-electron chi connectivity index (χ0n) is 19.1. The van der Waals surface area contributed by atoms with Crippen LogP contribution < -0.4 is 10.6 Å². The lowest BCUT2D eigenvalue weighted by Crippen LogP contribution is -2.49. The summed E-state index contributed by atoms with van der Waals surface area (Å²) in [6.07, 6.45) is 10.3. The molecular formula is C24H35N5O3. The van der Waals surface area contributed by atoms with Gasteiger partial charge in [0.2, 0.25) is 0 Å². The van der Waals surface area contributed by atoms with E-state index in [4.69, 9.17) is 4.74 Å². The summed E-state index contributed by atoms with van der Waals surface area (Å²) >= 11 is 0. The number of imidazole rings is 1. The smallest absolute Gasteiger partial charge is 0.253 e. The molecule has 4 heterocycles. The van der Waals surface area contributed by atoms with Crippen LogP contribution in [0.15, 0.2) is 30.7 Å². The Morgan fingerprint density at radius 2 is 2.06 bits per heavy atom. The van der Waals surface area contributed by atoms with E-state index in [-0.39, 0.29) is 24.0 Å². The highest BCUT2D eigenvalue weighted by Gasteiger charge is 2.38. The average molecular weight is 442 g/mol. The van der Waals surface area contributed by atoms with Crippen LogP contribution in [0.5, 0.6) is 0 Å². The number of nitrogens with one attached hydrogen (secondary N) is 2. The van der Waals surface area contributed by atoms with E-state index in [1.54, 1.807) is 6.20 Å². The first-order valence-electron chi connectivity index (χ1n) is 11.9. The molecule has 0 aliphatic carbocycles. The third-order valence-electron chi connectivity index (χ3n) is 6.77. The van der Waals surface area contributed by atoms with Crippen molar-refractivity contribution < 1.29 is 14.3 Å². The summed E-state index contributed by atoms with van der Waals surface area (Å²) < 4.78 is 7.54. The molecule has 0 radical (unpaired) electrons. The van der Waals surface area contributed by atoms with Crippen LogP contribution in [0, 0.1) is 11.8 Å². The fourth-order valence-corrected chi connectivity index (χ4v) is 4.79. The number of carbonyl (C=O) groups is 2. The minimum atomic E-state index is -0.343. The van der Waals surface area contributed by atoms with Gasteiger partial charge in [0.25, 0.3) is 11.8 Å². The number of pyridine rings is 1. The van der Waals surface area contributed by atoms with Gasteiger partial charge in [-0.1, -0.05) is 26.7 Å². The fourth-order valence-electron chi connectivity index (χ4n) is 4.79. The number of piperidine rings is 1. The Labute approximate surface area is 189 Å². The lowest BCUT2D eigenvalue weighted by Gasteiger charge is -2.34. The Kier molecular flexibility index (Phi) is 7.42. The second kappa shape index (κ2) is 10.4. The zero-order valence-corrected chi connectivity index (χ0v) is 19.1. The van der Waals surface area contributed by atoms with Crippen LogP contribution in [0.3, 0.4) is 0 Å². The van der Waals surface area contributed by atoms with E-state index in [2.05, 4.69) is 29.5 Å². The van der Waals surface area contributed by atoms with Crippen molar-refractivity contribution in [2.24, 2.45) is 11.8 Å². The first-order chi connectivity index (χ1) is 15.5. The summed E-state index contributed by atoms with van der Waals surface area (Å²) in [4.78, 5) is 31.4. The fraction of sp³-hybridized carbons (Fsp3) is 0.625. The number of likely N-dealkylation sites (tertiary alicyclic amines) is 1. The molecule has 2 fully saturated rings. The molecule has 174 valence electrons. The van der Waals surface area contributed by atoms with Gasteiger partial charge in [-0.05, 0) is 43.2 Å². The van der Waals surface area contributed by atoms with Gasteiger partial charge >= 0.3 is 0 Å². The third-order valence-corrected chi connectivity index (χ3v) is 6.77. The number of fused-ring (bicyclic) bond motifs is 1. The second-order valence-electron chi connectivity index (χ2n) is 9.34. The summed E-state index contributed by atoms with van der Waals surface area (Å²) in [5.74, 6) is 1.12. The minimum Gasteiger partial charge on any atom is -0.352 e. The number of unbranched alkanes of at least 4 members (excludes halogenated alkanes) is 1. The summed E-state index contributed by atoms with van der Waals surface area (Å²) in [6.45, 7) is 7.04. The molecule has 0 aromatic carbocycles. The third kappa shape index (κ3) is 5.30. The van der Waals surface area contributed by atoms with Gasteiger partial charge in [-0.3, -0.25) is 14.9 Å². The van der Waals surface area contributed by atoms with Gasteiger partial charge in [-0.15, -0.1) is 0 Å². The predicted molar refractivity (Wildman–Crippen MR) is 122 cm³/mol. The molecule has 2 amide bonds. The SMILES string of the molecule is CC(C)C1NCOC1C(=O)N1CCC(CCCCNC(=O)c2ccc3nccn3c2)CC1. The van der Waals surface area contributed by atoms with E-state index < -0.39 is 0 Å². The Morgan fingerprint density at radius 3 is 2.84 bits per heavy atom. The highest BCUT2D eigenvalue weighted by molar-refractivity contribution is 5.94. The van der Waals surface area contributed by atoms with Crippen molar-refractivity contribution in [2.45, 2.75) is 58.1 Å². The number of ether oxygens (including phenoxy) is 1. The largest absolute Gasteiger partial charge is 0.352 e. The standard InChI is InChI=1S/C24H35N5O3/c1-17(2)21-22(32-16-27-21)24(31)28-12-8-18(9-13-28)5-3-4-10-26-23(30)19-6-7-20-25-11-14-29(20)15-19/h6-7,11,14-15,17-18,21-22,27H,3-5,8-10,12-13,16H2,1-2H3,(H,26,30). The van der Waals surface area contributed by atoms with E-state index >= 15 is 0 Å². The van der Waals surface area contributed by atoms with Crippen molar-refractivity contribution in [3.05, 3.63) is 36.3 Å². The average Bonchev–Trinajstić information content (AvgIpc) is 3.48. The molecule has 0 spiro atoms. The lowest BCUT2D eigenvalue weighted by atomic mass is 9.90. The predicted octanol–water partition coefficient (Wildman–Crippen LogP) is 2.44. The van der Waals surface area contributed by atoms with Crippen LogP contribution in [-0.2, 0) is 9.53 Å². The number of amides is 2. The molecular weight excluding hydrogens is 406 g/mol. The van der Waals surface area contributed by atoms with Crippen molar-refractivity contribution in [1.29, 1.82) is 0 Å². The zero-order chi connectivity index (χ0) is 22.5. The lowest BCUT2D eigenvalue weighted by molar-refractivity contribution is -0.143. The van der Waals surface area contributed by atoms with Gasteiger partial charge in [0, 0.05) is 44.3 Å². The number of aromatic nitrogens is 2. The van der Waals surface area contributed by atoms with Crippen LogP contribution in [0.4, 0.5) is 0 Å². The quantitative estimate of drug-likeness (QED) is 0.615. The maximum Gasteiger partial charge on any atom is 0.253 e. The molecule has 8 heteroatoms. The molecule has 2 N–H and O–H groups in total. The number of rotatable bonds is 8. The van der Waals surface area contributed by atoms with E-state index in [9.17, 15) is 9.59 Å². The maximum absolute atomic E-state index is 12.9. The summed E-state index contributed by atoms with van der Waals surface area (Å²) in [7, 11) is 0. The van der Waals surface area contributed by atoms with Crippen LogP contribution >= 0.6 is 0 Å². The van der Waals surface area contributed by atoms with E-state index in [0.29, 0.717) is 30.7 Å². The van der Waals surface area contributed by atoms with Gasteiger partial charge in [-0.25, -0.2) is 4.98 Å². The van der Waals surface area contributed by atoms with Gasteiger partial charge in [0.05, 0.1) is 12.3 Å². The van der Waals surface area contributed by atoms with E-state index in [0.717, 1.165) is 50.8 Å². The first kappa shape index (κ1) is 22.7. The highest BCUT2D eigenvalue weighted by atomic mass is 16.5. The monoisotopic (exact) mass is 441 g/mol. The van der Waals surface area contributed by atoms with Crippen LogP contribution in [-0.4, -0.2) is 64.6 Å². The summed E-state index contributed by atoms with van der Waals surface area (Å²) in [6, 6.07) is 3.77. The number of carbonyl (C=O) groups excluding carboxylic acids is 2. The molecule has 2 saturated heterocycles. The molecule has 2 atom stereocenters. The first-order valence-corrected chi connectivity index (χ1v) is 11.9. The van der Waals surface area contributed by atoms with Crippen molar-refractivity contribution >= 4 is 17.5 Å². The van der Waals surface area contributed by atoms with Gasteiger partial charge in [0.1, 0.15) is 5.65 Å². The van der Waals surface area contributed by atoms with Gasteiger partial charge in [-0.2, -0.15) is 0 Å². The molecule has 2 aromatic rings. The van der Waals surface area contributed by atoms with Crippen molar-refractivity contribution in [2.75, 3.05) is 26.4 Å². The molecule has 8 nitrogen and oxygen atoms in total. The molecule has 2 aliphatic rings. The van der Waals surface area contributed by atoms with Crippen LogP contribution in [0.2, 0.25) is 0 Å². The summed E-state index contributed by atoms with van der Waals surface area (Å²) in [5.41, 5.74) is 1.48. The van der Waals surface area contributed by atoms with Gasteiger partial charge < -0.3 is 19.4 Å². The second-order valence-corrected chi connectivity index (χ2v) is 9.34. The summed E-state index contributed by atoms with van der Waals surface area (Å²) in [5, 5.41) is 6.31. The normalized spacial score (nSPS) is 22.0. The van der Waals surface area contributed by atoms with E-state index in [1.807, 2.05) is 33.8 Å². The molecule has 4 rings (SSSR count). The molecule has 2 aliphatic heterocycles. The Balaban J connectivity index is 1.12. The Morgan fingerprint density at radius 1 is 1.25 bits per heavy atom. The molecule has 0 saturated carbocycles. The minimum absolute atomic E-state index is 0.0456. The Bertz CT molecular complexity index is 919. The Hall–Kier alpha value is -2.45. The van der Waals surface area contributed by atoms with Crippen molar-refractivity contribution in [1.82, 2.24) is 24.9 Å². The molecule has 0 bridgehead atoms. The van der Waals surface area contributed by atoms with Crippen molar-refractivity contribution in [3.63, 3.8) is 0 Å².